The molecule has 7 nitrogen and oxygen atoms in total. The van der Waals surface area contributed by atoms with Crippen molar-refractivity contribution < 1.29 is 14.3 Å². The standard InChI is InChI=1S/C27H27ClN4O3/c1-17(2)35-25(33)15-23(20-10-4-6-11-21(20)28)31-27(34)26-18(3)19-9-5-7-12-22(19)30-24(26)16-32-14-8-13-29-32/h4-14,17,23H,15-16H2,1-3H3,(H,31,34). The first-order chi connectivity index (χ1) is 16.8. The summed E-state index contributed by atoms with van der Waals surface area (Å²) in [6.45, 7) is 5.80. The zero-order chi connectivity index (χ0) is 24.9. The fourth-order valence-corrected chi connectivity index (χ4v) is 4.38. The van der Waals surface area contributed by atoms with E-state index in [2.05, 4.69) is 10.4 Å². The Hall–Kier alpha value is -3.71. The number of rotatable bonds is 8. The molecule has 8 heteroatoms. The van der Waals surface area contributed by atoms with Gasteiger partial charge in [0.25, 0.3) is 5.91 Å². The lowest BCUT2D eigenvalue weighted by atomic mass is 9.98. The largest absolute Gasteiger partial charge is 0.463 e. The number of benzene rings is 2. The van der Waals surface area contributed by atoms with Crippen LogP contribution in [0.3, 0.4) is 0 Å². The van der Waals surface area contributed by atoms with Crippen LogP contribution in [-0.2, 0) is 16.1 Å². The van der Waals surface area contributed by atoms with Gasteiger partial charge in [0.05, 0.1) is 41.9 Å². The zero-order valence-electron chi connectivity index (χ0n) is 19.9. The Morgan fingerprint density at radius 1 is 1.09 bits per heavy atom. The molecule has 0 radical (unpaired) electrons. The zero-order valence-corrected chi connectivity index (χ0v) is 20.6. The monoisotopic (exact) mass is 490 g/mol. The van der Waals surface area contributed by atoms with Crippen molar-refractivity contribution in [2.75, 3.05) is 0 Å². The minimum atomic E-state index is -0.675. The number of hydrogen-bond donors (Lipinski definition) is 1. The lowest BCUT2D eigenvalue weighted by Crippen LogP contribution is -2.33. The number of ether oxygens (including phenoxy) is 1. The Kier molecular flexibility index (Phi) is 7.46. The quantitative estimate of drug-likeness (QED) is 0.341. The normalized spacial score (nSPS) is 12.0. The van der Waals surface area contributed by atoms with E-state index < -0.39 is 12.0 Å². The molecule has 180 valence electrons. The van der Waals surface area contributed by atoms with Crippen LogP contribution in [0.1, 0.15) is 53.5 Å². The van der Waals surface area contributed by atoms with Crippen molar-refractivity contribution in [1.82, 2.24) is 20.1 Å². The molecule has 0 spiro atoms. The molecule has 1 amide bonds. The molecule has 0 saturated heterocycles. The van der Waals surface area contributed by atoms with Crippen LogP contribution in [0.15, 0.2) is 67.0 Å². The lowest BCUT2D eigenvalue weighted by molar-refractivity contribution is -0.147. The van der Waals surface area contributed by atoms with E-state index >= 15 is 0 Å². The first kappa shape index (κ1) is 24.4. The molecule has 2 aromatic heterocycles. The molecular weight excluding hydrogens is 464 g/mol. The Morgan fingerprint density at radius 3 is 2.54 bits per heavy atom. The number of pyridine rings is 1. The minimum absolute atomic E-state index is 0.0534. The minimum Gasteiger partial charge on any atom is -0.463 e. The SMILES string of the molecule is Cc1c(C(=O)NC(CC(=O)OC(C)C)c2ccccc2Cl)c(Cn2cccn2)nc2ccccc12. The number of aromatic nitrogens is 3. The van der Waals surface area contributed by atoms with Crippen molar-refractivity contribution in [2.45, 2.75) is 45.9 Å². The van der Waals surface area contributed by atoms with E-state index in [-0.39, 0.29) is 18.4 Å². The molecule has 0 fully saturated rings. The third-order valence-electron chi connectivity index (χ3n) is 5.65. The lowest BCUT2D eigenvalue weighted by Gasteiger charge is -2.22. The fraction of sp³-hybridized carbons (Fsp3) is 0.259. The first-order valence-electron chi connectivity index (χ1n) is 11.4. The maximum Gasteiger partial charge on any atom is 0.308 e. The molecule has 0 aliphatic carbocycles. The predicted octanol–water partition coefficient (Wildman–Crippen LogP) is 5.25. The number of nitrogens with one attached hydrogen (secondary N) is 1. The highest BCUT2D eigenvalue weighted by Gasteiger charge is 2.26. The summed E-state index contributed by atoms with van der Waals surface area (Å²) in [5.41, 5.74) is 3.28. The first-order valence-corrected chi connectivity index (χ1v) is 11.8. The third-order valence-corrected chi connectivity index (χ3v) is 5.99. The van der Waals surface area contributed by atoms with Gasteiger partial charge in [0.1, 0.15) is 0 Å². The van der Waals surface area contributed by atoms with Crippen LogP contribution in [0, 0.1) is 6.92 Å². The van der Waals surface area contributed by atoms with Crippen LogP contribution in [0.4, 0.5) is 0 Å². The summed E-state index contributed by atoms with van der Waals surface area (Å²) in [6.07, 6.45) is 3.18. The van der Waals surface area contributed by atoms with E-state index in [0.717, 1.165) is 16.5 Å². The molecule has 4 aromatic rings. The summed E-state index contributed by atoms with van der Waals surface area (Å²) in [5.74, 6) is -0.763. The number of hydrogen-bond acceptors (Lipinski definition) is 5. The van der Waals surface area contributed by atoms with Gasteiger partial charge in [0.2, 0.25) is 0 Å². The Labute approximate surface area is 209 Å². The van der Waals surface area contributed by atoms with Crippen molar-refractivity contribution >= 4 is 34.4 Å². The number of carbonyl (C=O) groups excluding carboxylic acids is 2. The van der Waals surface area contributed by atoms with E-state index in [4.69, 9.17) is 21.3 Å². The summed E-state index contributed by atoms with van der Waals surface area (Å²) in [6, 6.07) is 16.0. The molecule has 4 rings (SSSR count). The molecule has 1 atom stereocenters. The average Bonchev–Trinajstić information content (AvgIpc) is 3.31. The van der Waals surface area contributed by atoms with Crippen LogP contribution in [0.2, 0.25) is 5.02 Å². The van der Waals surface area contributed by atoms with E-state index in [1.54, 1.807) is 42.9 Å². The van der Waals surface area contributed by atoms with Gasteiger partial charge in [-0.3, -0.25) is 14.3 Å². The number of nitrogens with zero attached hydrogens (tertiary/aromatic N) is 3. The van der Waals surface area contributed by atoms with Gasteiger partial charge in [0.15, 0.2) is 0 Å². The van der Waals surface area contributed by atoms with Gasteiger partial charge in [-0.2, -0.15) is 5.10 Å². The number of carbonyl (C=O) groups is 2. The number of aryl methyl sites for hydroxylation is 1. The van der Waals surface area contributed by atoms with Crippen molar-refractivity contribution in [3.63, 3.8) is 0 Å². The molecule has 1 N–H and O–H groups in total. The highest BCUT2D eigenvalue weighted by atomic mass is 35.5. The van der Waals surface area contributed by atoms with Crippen molar-refractivity contribution in [3.8, 4) is 0 Å². The highest BCUT2D eigenvalue weighted by molar-refractivity contribution is 6.31. The second kappa shape index (κ2) is 10.7. The molecule has 35 heavy (non-hydrogen) atoms. The Bertz CT molecular complexity index is 1350. The van der Waals surface area contributed by atoms with E-state index in [0.29, 0.717) is 28.4 Å². The molecule has 0 bridgehead atoms. The van der Waals surface area contributed by atoms with E-state index in [1.165, 1.54) is 0 Å². The molecule has 0 aliphatic rings. The third kappa shape index (κ3) is 5.69. The molecule has 2 heterocycles. The van der Waals surface area contributed by atoms with Gasteiger partial charge in [-0.1, -0.05) is 48.0 Å². The second-order valence-electron chi connectivity index (χ2n) is 8.57. The van der Waals surface area contributed by atoms with Crippen molar-refractivity contribution in [1.29, 1.82) is 0 Å². The number of para-hydroxylation sites is 1. The molecule has 0 aliphatic heterocycles. The van der Waals surface area contributed by atoms with Gasteiger partial charge >= 0.3 is 5.97 Å². The number of amides is 1. The maximum atomic E-state index is 13.8. The highest BCUT2D eigenvalue weighted by Crippen LogP contribution is 2.28. The fourth-order valence-electron chi connectivity index (χ4n) is 4.11. The van der Waals surface area contributed by atoms with Crippen molar-refractivity contribution in [3.05, 3.63) is 94.4 Å². The van der Waals surface area contributed by atoms with Crippen LogP contribution >= 0.6 is 11.6 Å². The Morgan fingerprint density at radius 2 is 1.83 bits per heavy atom. The van der Waals surface area contributed by atoms with Gasteiger partial charge in [0, 0.05) is 22.8 Å². The number of halogens is 1. The second-order valence-corrected chi connectivity index (χ2v) is 8.98. The maximum absolute atomic E-state index is 13.8. The Balaban J connectivity index is 1.74. The van der Waals surface area contributed by atoms with Gasteiger partial charge < -0.3 is 10.1 Å². The van der Waals surface area contributed by atoms with Gasteiger partial charge in [-0.25, -0.2) is 4.98 Å². The molecular formula is C27H27ClN4O3. The van der Waals surface area contributed by atoms with Crippen molar-refractivity contribution in [2.24, 2.45) is 0 Å². The summed E-state index contributed by atoms with van der Waals surface area (Å²) >= 11 is 6.45. The number of esters is 1. The molecule has 0 saturated carbocycles. The van der Waals surface area contributed by atoms with Crippen LogP contribution in [0.5, 0.6) is 0 Å². The van der Waals surface area contributed by atoms with Crippen LogP contribution in [-0.4, -0.2) is 32.7 Å². The van der Waals surface area contributed by atoms with E-state index in [1.807, 2.05) is 49.5 Å². The van der Waals surface area contributed by atoms with Gasteiger partial charge in [-0.05, 0) is 50.1 Å². The smallest absolute Gasteiger partial charge is 0.308 e. The average molecular weight is 491 g/mol. The summed E-state index contributed by atoms with van der Waals surface area (Å²) < 4.78 is 7.07. The summed E-state index contributed by atoms with van der Waals surface area (Å²) in [5, 5.41) is 8.64. The van der Waals surface area contributed by atoms with Gasteiger partial charge in [-0.15, -0.1) is 0 Å². The molecule has 1 unspecified atom stereocenters. The van der Waals surface area contributed by atoms with E-state index in [9.17, 15) is 9.59 Å². The predicted molar refractivity (Wildman–Crippen MR) is 135 cm³/mol. The molecule has 2 aromatic carbocycles. The topological polar surface area (TPSA) is 86.1 Å². The number of fused-ring (bicyclic) bond motifs is 1. The summed E-state index contributed by atoms with van der Waals surface area (Å²) in [4.78, 5) is 31.1. The summed E-state index contributed by atoms with van der Waals surface area (Å²) in [7, 11) is 0. The van der Waals surface area contributed by atoms with Crippen LogP contribution < -0.4 is 5.32 Å². The van der Waals surface area contributed by atoms with Crippen LogP contribution in [0.25, 0.3) is 10.9 Å².